The normalized spacial score (nSPS) is 26.7. The fourth-order valence-electron chi connectivity index (χ4n) is 3.00. The highest BCUT2D eigenvalue weighted by molar-refractivity contribution is 5.07. The zero-order valence-electron chi connectivity index (χ0n) is 12.5. The van der Waals surface area contributed by atoms with E-state index in [1.54, 1.807) is 6.20 Å². The lowest BCUT2D eigenvalue weighted by molar-refractivity contribution is -0.103. The van der Waals surface area contributed by atoms with Crippen LogP contribution in [0.5, 0.6) is 0 Å². The van der Waals surface area contributed by atoms with Crippen LogP contribution in [-0.2, 0) is 9.47 Å². The maximum absolute atomic E-state index is 10.6. The van der Waals surface area contributed by atoms with Gasteiger partial charge in [0, 0.05) is 51.9 Å². The van der Waals surface area contributed by atoms with Gasteiger partial charge in [-0.25, -0.2) is 9.97 Å². The molecule has 2 aliphatic rings. The fourth-order valence-corrected chi connectivity index (χ4v) is 3.00. The van der Waals surface area contributed by atoms with Gasteiger partial charge < -0.3 is 14.6 Å². The third-order valence-corrected chi connectivity index (χ3v) is 4.22. The molecular formula is C15H23N3O3. The van der Waals surface area contributed by atoms with Gasteiger partial charge in [0.25, 0.3) is 0 Å². The van der Waals surface area contributed by atoms with Crippen molar-refractivity contribution in [1.82, 2.24) is 14.9 Å². The number of aromatic nitrogens is 2. The van der Waals surface area contributed by atoms with Gasteiger partial charge in [-0.15, -0.1) is 0 Å². The highest BCUT2D eigenvalue weighted by Gasteiger charge is 2.34. The van der Waals surface area contributed by atoms with Gasteiger partial charge in [-0.1, -0.05) is 0 Å². The highest BCUT2D eigenvalue weighted by Crippen LogP contribution is 2.26. The van der Waals surface area contributed by atoms with E-state index in [0.29, 0.717) is 39.2 Å². The first-order chi connectivity index (χ1) is 10.1. The quantitative estimate of drug-likeness (QED) is 0.885. The molecular weight excluding hydrogens is 270 g/mol. The third-order valence-electron chi connectivity index (χ3n) is 4.22. The van der Waals surface area contributed by atoms with Crippen LogP contribution in [-0.4, -0.2) is 65.0 Å². The van der Waals surface area contributed by atoms with Crippen molar-refractivity contribution in [2.45, 2.75) is 31.5 Å². The van der Waals surface area contributed by atoms with Crippen LogP contribution in [0.15, 0.2) is 12.3 Å². The van der Waals surface area contributed by atoms with Crippen LogP contribution < -0.4 is 0 Å². The van der Waals surface area contributed by atoms with Gasteiger partial charge in [0.05, 0.1) is 17.9 Å². The molecule has 0 amide bonds. The molecule has 0 bridgehead atoms. The van der Waals surface area contributed by atoms with Crippen LogP contribution in [0.2, 0.25) is 0 Å². The SMILES string of the molecule is Cc1nccc([C@H]2CN(CC3(O)CCOCC3)CCO2)n1. The van der Waals surface area contributed by atoms with Crippen molar-refractivity contribution in [2.75, 3.05) is 39.5 Å². The number of hydrogen-bond donors (Lipinski definition) is 1. The molecule has 6 heteroatoms. The monoisotopic (exact) mass is 293 g/mol. The Hall–Kier alpha value is -1.08. The molecule has 0 spiro atoms. The van der Waals surface area contributed by atoms with E-state index in [0.717, 1.165) is 24.6 Å². The first kappa shape index (κ1) is 14.8. The molecule has 6 nitrogen and oxygen atoms in total. The Labute approximate surface area is 125 Å². The van der Waals surface area contributed by atoms with Gasteiger partial charge in [0.1, 0.15) is 11.9 Å². The van der Waals surface area contributed by atoms with E-state index in [4.69, 9.17) is 9.47 Å². The number of aryl methyl sites for hydroxylation is 1. The maximum Gasteiger partial charge on any atom is 0.125 e. The lowest BCUT2D eigenvalue weighted by Crippen LogP contribution is -2.50. The second-order valence-corrected chi connectivity index (χ2v) is 5.96. The first-order valence-electron chi connectivity index (χ1n) is 7.58. The second-order valence-electron chi connectivity index (χ2n) is 5.96. The maximum atomic E-state index is 10.6. The molecule has 2 fully saturated rings. The summed E-state index contributed by atoms with van der Waals surface area (Å²) in [5.41, 5.74) is 0.299. The number of hydrogen-bond acceptors (Lipinski definition) is 6. The van der Waals surface area contributed by atoms with Gasteiger partial charge in [-0.2, -0.15) is 0 Å². The Morgan fingerprint density at radius 3 is 2.95 bits per heavy atom. The van der Waals surface area contributed by atoms with Crippen molar-refractivity contribution < 1.29 is 14.6 Å². The molecule has 1 N–H and O–H groups in total. The molecule has 2 saturated heterocycles. The molecule has 3 rings (SSSR count). The van der Waals surface area contributed by atoms with Gasteiger partial charge in [-0.05, 0) is 13.0 Å². The van der Waals surface area contributed by atoms with Crippen LogP contribution in [0.1, 0.15) is 30.5 Å². The zero-order chi connectivity index (χ0) is 14.7. The predicted molar refractivity (Wildman–Crippen MR) is 76.9 cm³/mol. The zero-order valence-corrected chi connectivity index (χ0v) is 12.5. The number of rotatable bonds is 3. The van der Waals surface area contributed by atoms with E-state index < -0.39 is 5.60 Å². The van der Waals surface area contributed by atoms with Crippen molar-refractivity contribution in [3.05, 3.63) is 23.8 Å². The minimum Gasteiger partial charge on any atom is -0.388 e. The van der Waals surface area contributed by atoms with Crippen LogP contribution in [0, 0.1) is 6.92 Å². The lowest BCUT2D eigenvalue weighted by Gasteiger charge is -2.40. The van der Waals surface area contributed by atoms with Crippen molar-refractivity contribution in [2.24, 2.45) is 0 Å². The number of morpholine rings is 1. The van der Waals surface area contributed by atoms with Crippen molar-refractivity contribution >= 4 is 0 Å². The van der Waals surface area contributed by atoms with Crippen molar-refractivity contribution in [1.29, 1.82) is 0 Å². The largest absolute Gasteiger partial charge is 0.388 e. The smallest absolute Gasteiger partial charge is 0.125 e. The molecule has 0 unspecified atom stereocenters. The van der Waals surface area contributed by atoms with Gasteiger partial charge in [-0.3, -0.25) is 4.90 Å². The Morgan fingerprint density at radius 2 is 2.19 bits per heavy atom. The molecule has 3 heterocycles. The van der Waals surface area contributed by atoms with Crippen molar-refractivity contribution in [3.63, 3.8) is 0 Å². The minimum atomic E-state index is -0.623. The average molecular weight is 293 g/mol. The van der Waals surface area contributed by atoms with E-state index in [-0.39, 0.29) is 6.10 Å². The highest BCUT2D eigenvalue weighted by atomic mass is 16.5. The molecule has 0 radical (unpaired) electrons. The molecule has 21 heavy (non-hydrogen) atoms. The van der Waals surface area contributed by atoms with Crippen LogP contribution in [0.3, 0.4) is 0 Å². The lowest BCUT2D eigenvalue weighted by atomic mass is 9.93. The molecule has 1 aromatic heterocycles. The Bertz CT molecular complexity index is 477. The third kappa shape index (κ3) is 3.77. The summed E-state index contributed by atoms with van der Waals surface area (Å²) in [5, 5.41) is 10.6. The summed E-state index contributed by atoms with van der Waals surface area (Å²) in [4.78, 5) is 10.8. The average Bonchev–Trinajstić information content (AvgIpc) is 2.48. The minimum absolute atomic E-state index is 0.0381. The molecule has 2 aliphatic heterocycles. The Morgan fingerprint density at radius 1 is 1.38 bits per heavy atom. The Balaban J connectivity index is 1.63. The summed E-state index contributed by atoms with van der Waals surface area (Å²) in [6.07, 6.45) is 3.15. The summed E-state index contributed by atoms with van der Waals surface area (Å²) in [7, 11) is 0. The standard InChI is InChI=1S/C15H23N3O3/c1-12-16-5-2-13(17-12)14-10-18(6-9-21-14)11-15(19)3-7-20-8-4-15/h2,5,14,19H,3-4,6-11H2,1H3/t14-/m1/s1. The molecule has 0 aliphatic carbocycles. The number of β-amino-alcohol motifs (C(OH)–C–C–N with tert-alkyl or cyclic N) is 1. The van der Waals surface area contributed by atoms with Gasteiger partial charge in [0.15, 0.2) is 0 Å². The molecule has 1 atom stereocenters. The van der Waals surface area contributed by atoms with E-state index in [2.05, 4.69) is 14.9 Å². The molecule has 116 valence electrons. The van der Waals surface area contributed by atoms with E-state index in [1.165, 1.54) is 0 Å². The first-order valence-corrected chi connectivity index (χ1v) is 7.58. The number of ether oxygens (including phenoxy) is 2. The molecule has 1 aromatic rings. The van der Waals surface area contributed by atoms with Crippen LogP contribution >= 0.6 is 0 Å². The van der Waals surface area contributed by atoms with E-state index in [9.17, 15) is 5.11 Å². The van der Waals surface area contributed by atoms with Crippen LogP contribution in [0.4, 0.5) is 0 Å². The topological polar surface area (TPSA) is 67.7 Å². The molecule has 0 aromatic carbocycles. The van der Waals surface area contributed by atoms with E-state index in [1.807, 2.05) is 13.0 Å². The number of aliphatic hydroxyl groups is 1. The van der Waals surface area contributed by atoms with Crippen LogP contribution in [0.25, 0.3) is 0 Å². The second kappa shape index (κ2) is 6.36. The fraction of sp³-hybridized carbons (Fsp3) is 0.733. The summed E-state index contributed by atoms with van der Waals surface area (Å²) in [5.74, 6) is 0.760. The summed E-state index contributed by atoms with van der Waals surface area (Å²) >= 11 is 0. The van der Waals surface area contributed by atoms with Crippen molar-refractivity contribution in [3.8, 4) is 0 Å². The Kier molecular flexibility index (Phi) is 4.49. The van der Waals surface area contributed by atoms with Gasteiger partial charge >= 0.3 is 0 Å². The summed E-state index contributed by atoms with van der Waals surface area (Å²) < 4.78 is 11.2. The summed E-state index contributed by atoms with van der Waals surface area (Å²) in [6, 6.07) is 1.91. The predicted octanol–water partition coefficient (Wildman–Crippen LogP) is 0.700. The van der Waals surface area contributed by atoms with E-state index >= 15 is 0 Å². The number of nitrogens with zero attached hydrogens (tertiary/aromatic N) is 3. The summed E-state index contributed by atoms with van der Waals surface area (Å²) in [6.45, 7) is 6.14. The van der Waals surface area contributed by atoms with Gasteiger partial charge in [0.2, 0.25) is 0 Å². The molecule has 0 saturated carbocycles.